The third-order valence-corrected chi connectivity index (χ3v) is 4.62. The van der Waals surface area contributed by atoms with Crippen LogP contribution in [0.3, 0.4) is 0 Å². The minimum Gasteiger partial charge on any atom is -0.469 e. The molecule has 2 aromatic rings. The van der Waals surface area contributed by atoms with Crippen LogP contribution in [0.5, 0.6) is 0 Å². The zero-order valence-corrected chi connectivity index (χ0v) is 13.9. The van der Waals surface area contributed by atoms with Gasteiger partial charge in [0.1, 0.15) is 5.69 Å². The van der Waals surface area contributed by atoms with Crippen LogP contribution < -0.4 is 0 Å². The molecular weight excluding hydrogens is 348 g/mol. The van der Waals surface area contributed by atoms with E-state index in [-0.39, 0.29) is 17.8 Å². The Morgan fingerprint density at radius 3 is 2.68 bits per heavy atom. The number of carbonyl (C=O) groups excluding carboxylic acids is 2. The Morgan fingerprint density at radius 1 is 1.27 bits per heavy atom. The fourth-order valence-corrected chi connectivity index (χ4v) is 3.25. The van der Waals surface area contributed by atoms with Crippen molar-refractivity contribution in [3.63, 3.8) is 0 Å². The van der Waals surface area contributed by atoms with Crippen LogP contribution in [0.2, 0.25) is 0 Å². The van der Waals surface area contributed by atoms with E-state index in [4.69, 9.17) is 4.74 Å². The fraction of sp³-hybridized carbons (Fsp3) is 0.375. The van der Waals surface area contributed by atoms with Gasteiger partial charge in [0.25, 0.3) is 5.91 Å². The van der Waals surface area contributed by atoms with Gasteiger partial charge in [0.15, 0.2) is 0 Å². The molecule has 5 nitrogen and oxygen atoms in total. The number of likely N-dealkylation sites (tertiary alicyclic amines) is 1. The van der Waals surface area contributed by atoms with E-state index < -0.39 is 0 Å². The molecule has 0 radical (unpaired) electrons. The van der Waals surface area contributed by atoms with Crippen LogP contribution in [-0.2, 0) is 9.53 Å². The Hall–Kier alpha value is -1.82. The Kier molecular flexibility index (Phi) is 4.20. The first-order valence-corrected chi connectivity index (χ1v) is 8.03. The van der Waals surface area contributed by atoms with Crippen molar-refractivity contribution in [2.45, 2.75) is 12.8 Å². The number of amides is 1. The van der Waals surface area contributed by atoms with Crippen molar-refractivity contribution < 1.29 is 14.3 Å². The van der Waals surface area contributed by atoms with Gasteiger partial charge in [-0.15, -0.1) is 0 Å². The van der Waals surface area contributed by atoms with Crippen LogP contribution in [-0.4, -0.2) is 42.0 Å². The largest absolute Gasteiger partial charge is 0.469 e. The van der Waals surface area contributed by atoms with Crippen molar-refractivity contribution in [1.82, 2.24) is 9.88 Å². The average Bonchev–Trinajstić information content (AvgIpc) is 2.96. The number of ether oxygens (including phenoxy) is 1. The quantitative estimate of drug-likeness (QED) is 0.833. The normalized spacial score (nSPS) is 16.0. The second-order valence-corrected chi connectivity index (χ2v) is 6.42. The van der Waals surface area contributed by atoms with Crippen LogP contribution in [0.25, 0.3) is 10.9 Å². The molecule has 0 saturated carbocycles. The Balaban J connectivity index is 1.72. The van der Waals surface area contributed by atoms with Crippen molar-refractivity contribution in [3.05, 3.63) is 34.4 Å². The molecule has 1 amide bonds. The molecule has 0 spiro atoms. The van der Waals surface area contributed by atoms with Crippen molar-refractivity contribution in [1.29, 1.82) is 0 Å². The number of aromatic amines is 1. The number of halogens is 1. The van der Waals surface area contributed by atoms with Gasteiger partial charge in [0, 0.05) is 28.5 Å². The number of nitrogens with one attached hydrogen (secondary N) is 1. The van der Waals surface area contributed by atoms with E-state index in [1.807, 2.05) is 24.3 Å². The minimum atomic E-state index is -0.178. The number of benzene rings is 1. The number of rotatable bonds is 2. The van der Waals surface area contributed by atoms with Crippen molar-refractivity contribution in [2.24, 2.45) is 5.92 Å². The highest BCUT2D eigenvalue weighted by atomic mass is 79.9. The van der Waals surface area contributed by atoms with Gasteiger partial charge in [-0.05, 0) is 37.1 Å². The Labute approximate surface area is 136 Å². The lowest BCUT2D eigenvalue weighted by Crippen LogP contribution is -2.40. The van der Waals surface area contributed by atoms with Gasteiger partial charge in [-0.3, -0.25) is 9.59 Å². The van der Waals surface area contributed by atoms with E-state index in [0.29, 0.717) is 31.6 Å². The van der Waals surface area contributed by atoms with Gasteiger partial charge in [-0.2, -0.15) is 0 Å². The molecule has 3 rings (SSSR count). The van der Waals surface area contributed by atoms with E-state index >= 15 is 0 Å². The molecule has 1 aromatic heterocycles. The third-order valence-electron chi connectivity index (χ3n) is 4.13. The van der Waals surface area contributed by atoms with Gasteiger partial charge >= 0.3 is 5.97 Å². The summed E-state index contributed by atoms with van der Waals surface area (Å²) in [5, 5.41) is 1.00. The summed E-state index contributed by atoms with van der Waals surface area (Å²) in [5.74, 6) is -0.286. The lowest BCUT2D eigenvalue weighted by molar-refractivity contribution is -0.146. The van der Waals surface area contributed by atoms with Crippen molar-refractivity contribution in [2.75, 3.05) is 20.2 Å². The maximum atomic E-state index is 12.6. The highest BCUT2D eigenvalue weighted by molar-refractivity contribution is 9.10. The summed E-state index contributed by atoms with van der Waals surface area (Å²) in [6.45, 7) is 1.16. The number of aromatic nitrogens is 1. The number of methoxy groups -OCH3 is 1. The number of carbonyl (C=O) groups is 2. The predicted molar refractivity (Wildman–Crippen MR) is 86.6 cm³/mol. The first kappa shape index (κ1) is 15.1. The monoisotopic (exact) mass is 364 g/mol. The molecule has 1 N–H and O–H groups in total. The molecule has 1 aromatic carbocycles. The molecule has 0 aliphatic carbocycles. The number of hydrogen-bond donors (Lipinski definition) is 1. The molecule has 1 aliphatic rings. The summed E-state index contributed by atoms with van der Waals surface area (Å²) in [5.41, 5.74) is 1.53. The number of fused-ring (bicyclic) bond motifs is 1. The van der Waals surface area contributed by atoms with Crippen molar-refractivity contribution >= 4 is 38.7 Å². The van der Waals surface area contributed by atoms with Crippen molar-refractivity contribution in [3.8, 4) is 0 Å². The summed E-state index contributed by atoms with van der Waals surface area (Å²) in [6, 6.07) is 7.73. The highest BCUT2D eigenvalue weighted by Gasteiger charge is 2.28. The molecule has 22 heavy (non-hydrogen) atoms. The van der Waals surface area contributed by atoms with Crippen LogP contribution in [0, 0.1) is 5.92 Å². The Bertz CT molecular complexity index is 717. The number of piperidine rings is 1. The Morgan fingerprint density at radius 2 is 2.00 bits per heavy atom. The molecule has 6 heteroatoms. The molecule has 1 aliphatic heterocycles. The van der Waals surface area contributed by atoms with E-state index in [1.165, 1.54) is 7.11 Å². The van der Waals surface area contributed by atoms with Crippen LogP contribution in [0.4, 0.5) is 0 Å². The molecule has 116 valence electrons. The first-order valence-electron chi connectivity index (χ1n) is 7.24. The van der Waals surface area contributed by atoms with E-state index in [9.17, 15) is 9.59 Å². The lowest BCUT2D eigenvalue weighted by Gasteiger charge is -2.30. The molecule has 2 heterocycles. The van der Waals surface area contributed by atoms with Crippen LogP contribution in [0.1, 0.15) is 23.3 Å². The number of nitrogens with zero attached hydrogens (tertiary/aromatic N) is 1. The number of esters is 1. The lowest BCUT2D eigenvalue weighted by atomic mass is 9.97. The molecule has 0 bridgehead atoms. The van der Waals surface area contributed by atoms with Crippen LogP contribution in [0.15, 0.2) is 28.7 Å². The number of H-pyrrole nitrogens is 1. The minimum absolute atomic E-state index is 0.0179. The van der Waals surface area contributed by atoms with Crippen LogP contribution >= 0.6 is 15.9 Å². The zero-order chi connectivity index (χ0) is 15.7. The second kappa shape index (κ2) is 6.12. The topological polar surface area (TPSA) is 62.4 Å². The van der Waals surface area contributed by atoms with E-state index in [1.54, 1.807) is 4.90 Å². The SMILES string of the molecule is COC(=O)C1CCN(C(=O)c2cc3cc(Br)ccc3[nH]2)CC1. The summed E-state index contributed by atoms with van der Waals surface area (Å²) in [4.78, 5) is 29.0. The summed E-state index contributed by atoms with van der Waals surface area (Å²) < 4.78 is 5.75. The summed E-state index contributed by atoms with van der Waals surface area (Å²) in [6.07, 6.45) is 1.31. The average molecular weight is 365 g/mol. The van der Waals surface area contributed by atoms with E-state index in [2.05, 4.69) is 20.9 Å². The highest BCUT2D eigenvalue weighted by Crippen LogP contribution is 2.23. The third kappa shape index (κ3) is 2.88. The maximum Gasteiger partial charge on any atom is 0.308 e. The molecule has 0 unspecified atom stereocenters. The second-order valence-electron chi connectivity index (χ2n) is 5.50. The maximum absolute atomic E-state index is 12.6. The smallest absolute Gasteiger partial charge is 0.308 e. The number of hydrogen-bond acceptors (Lipinski definition) is 3. The van der Waals surface area contributed by atoms with Gasteiger partial charge < -0.3 is 14.6 Å². The first-order chi connectivity index (χ1) is 10.6. The molecular formula is C16H17BrN2O3. The summed E-state index contributed by atoms with van der Waals surface area (Å²) in [7, 11) is 1.41. The summed E-state index contributed by atoms with van der Waals surface area (Å²) >= 11 is 3.43. The standard InChI is InChI=1S/C16H17BrN2O3/c1-22-16(21)10-4-6-19(7-5-10)15(20)14-9-11-8-12(17)2-3-13(11)18-14/h2-3,8-10,18H,4-7H2,1H3. The van der Waals surface area contributed by atoms with Gasteiger partial charge in [0.05, 0.1) is 13.0 Å². The molecule has 0 atom stereocenters. The predicted octanol–water partition coefficient (Wildman–Crippen LogP) is 2.96. The fourth-order valence-electron chi connectivity index (χ4n) is 2.87. The van der Waals surface area contributed by atoms with Gasteiger partial charge in [0.2, 0.25) is 0 Å². The van der Waals surface area contributed by atoms with Gasteiger partial charge in [-0.1, -0.05) is 15.9 Å². The zero-order valence-electron chi connectivity index (χ0n) is 12.3. The molecule has 1 fully saturated rings. The van der Waals surface area contributed by atoms with Gasteiger partial charge in [-0.25, -0.2) is 0 Å². The molecule has 1 saturated heterocycles. The van der Waals surface area contributed by atoms with E-state index in [0.717, 1.165) is 15.4 Å².